The SMILES string of the molecule is CCCc1ccc2cc(C(F)(F)OC)ccc2c1. The summed E-state index contributed by atoms with van der Waals surface area (Å²) in [7, 11) is 1.01. The van der Waals surface area contributed by atoms with Crippen LogP contribution in [0.5, 0.6) is 0 Å². The first-order valence-electron chi connectivity index (χ1n) is 6.03. The van der Waals surface area contributed by atoms with E-state index < -0.39 is 6.11 Å². The van der Waals surface area contributed by atoms with Gasteiger partial charge in [-0.25, -0.2) is 0 Å². The van der Waals surface area contributed by atoms with Crippen LogP contribution in [0.3, 0.4) is 0 Å². The highest BCUT2D eigenvalue weighted by Gasteiger charge is 2.31. The summed E-state index contributed by atoms with van der Waals surface area (Å²) < 4.78 is 31.0. The lowest BCUT2D eigenvalue weighted by Gasteiger charge is -2.14. The average molecular weight is 250 g/mol. The molecule has 0 aromatic heterocycles. The number of ether oxygens (including phenoxy) is 1. The molecule has 0 spiro atoms. The van der Waals surface area contributed by atoms with Gasteiger partial charge in [-0.2, -0.15) is 8.78 Å². The van der Waals surface area contributed by atoms with Crippen LogP contribution in [0.2, 0.25) is 0 Å². The van der Waals surface area contributed by atoms with E-state index in [0.29, 0.717) is 0 Å². The monoisotopic (exact) mass is 250 g/mol. The third-order valence-electron chi connectivity index (χ3n) is 3.04. The lowest BCUT2D eigenvalue weighted by atomic mass is 10.0. The second-order valence-corrected chi connectivity index (χ2v) is 4.37. The van der Waals surface area contributed by atoms with E-state index in [1.165, 1.54) is 17.7 Å². The number of hydrogen-bond donors (Lipinski definition) is 0. The van der Waals surface area contributed by atoms with Crippen LogP contribution in [0.25, 0.3) is 10.8 Å². The Labute approximate surface area is 105 Å². The summed E-state index contributed by atoms with van der Waals surface area (Å²) in [6.07, 6.45) is -1.15. The van der Waals surface area contributed by atoms with Crippen molar-refractivity contribution in [3.8, 4) is 0 Å². The number of benzene rings is 2. The van der Waals surface area contributed by atoms with Gasteiger partial charge >= 0.3 is 6.11 Å². The van der Waals surface area contributed by atoms with Gasteiger partial charge in [0.15, 0.2) is 0 Å². The molecule has 0 amide bonds. The fraction of sp³-hybridized carbons (Fsp3) is 0.333. The molecule has 0 saturated heterocycles. The number of halogens is 2. The highest BCUT2D eigenvalue weighted by atomic mass is 19.3. The van der Waals surface area contributed by atoms with Crippen LogP contribution >= 0.6 is 0 Å². The Balaban J connectivity index is 2.44. The standard InChI is InChI=1S/C15H16F2O/c1-3-4-11-5-6-13-10-14(15(16,17)18-2)8-7-12(13)9-11/h5-10H,3-4H2,1-2H3. The van der Waals surface area contributed by atoms with E-state index in [9.17, 15) is 8.78 Å². The van der Waals surface area contributed by atoms with Crippen molar-refractivity contribution in [1.29, 1.82) is 0 Å². The summed E-state index contributed by atoms with van der Waals surface area (Å²) in [6.45, 7) is 2.12. The minimum atomic E-state index is -3.23. The zero-order valence-electron chi connectivity index (χ0n) is 10.5. The molecule has 18 heavy (non-hydrogen) atoms. The van der Waals surface area contributed by atoms with Gasteiger partial charge in [-0.05, 0) is 34.9 Å². The van der Waals surface area contributed by atoms with Crippen LogP contribution in [-0.4, -0.2) is 7.11 Å². The Bertz CT molecular complexity index is 549. The van der Waals surface area contributed by atoms with Crippen LogP contribution in [-0.2, 0) is 17.3 Å². The Hall–Kier alpha value is -1.48. The number of alkyl halides is 2. The maximum Gasteiger partial charge on any atom is 0.383 e. The van der Waals surface area contributed by atoms with Gasteiger partial charge in [0.2, 0.25) is 0 Å². The molecule has 0 aliphatic rings. The van der Waals surface area contributed by atoms with Crippen molar-refractivity contribution >= 4 is 10.8 Å². The molecule has 1 nitrogen and oxygen atoms in total. The Morgan fingerprint density at radius 3 is 2.39 bits per heavy atom. The summed E-state index contributed by atoms with van der Waals surface area (Å²) in [5.41, 5.74) is 1.12. The molecule has 0 saturated carbocycles. The van der Waals surface area contributed by atoms with Crippen LogP contribution in [0.15, 0.2) is 36.4 Å². The number of hydrogen-bond acceptors (Lipinski definition) is 1. The van der Waals surface area contributed by atoms with Crippen LogP contribution in [0.4, 0.5) is 8.78 Å². The zero-order chi connectivity index (χ0) is 13.2. The first-order valence-corrected chi connectivity index (χ1v) is 6.03. The Morgan fingerprint density at radius 1 is 1.06 bits per heavy atom. The highest BCUT2D eigenvalue weighted by molar-refractivity contribution is 5.84. The topological polar surface area (TPSA) is 9.23 Å². The molecule has 3 heteroatoms. The zero-order valence-corrected chi connectivity index (χ0v) is 10.5. The van der Waals surface area contributed by atoms with E-state index in [1.807, 2.05) is 18.2 Å². The lowest BCUT2D eigenvalue weighted by molar-refractivity contribution is -0.231. The second kappa shape index (κ2) is 5.02. The van der Waals surface area contributed by atoms with E-state index >= 15 is 0 Å². The predicted octanol–water partition coefficient (Wildman–Crippen LogP) is 4.49. The van der Waals surface area contributed by atoms with Gasteiger partial charge in [0.05, 0.1) is 5.56 Å². The normalized spacial score (nSPS) is 12.0. The van der Waals surface area contributed by atoms with Crippen molar-refractivity contribution in [2.45, 2.75) is 25.9 Å². The second-order valence-electron chi connectivity index (χ2n) is 4.37. The van der Waals surface area contributed by atoms with Gasteiger partial charge < -0.3 is 4.74 Å². The molecule has 0 bridgehead atoms. The quantitative estimate of drug-likeness (QED) is 0.777. The molecular formula is C15H16F2O. The molecule has 0 unspecified atom stereocenters. The number of aryl methyl sites for hydroxylation is 1. The lowest BCUT2D eigenvalue weighted by Crippen LogP contribution is -2.15. The fourth-order valence-corrected chi connectivity index (χ4v) is 2.04. The molecule has 2 aromatic carbocycles. The average Bonchev–Trinajstić information content (AvgIpc) is 2.38. The number of rotatable bonds is 4. The van der Waals surface area contributed by atoms with E-state index in [-0.39, 0.29) is 5.56 Å². The van der Waals surface area contributed by atoms with E-state index in [4.69, 9.17) is 0 Å². The third-order valence-corrected chi connectivity index (χ3v) is 3.04. The van der Waals surface area contributed by atoms with Crippen LogP contribution in [0, 0.1) is 0 Å². The molecule has 0 radical (unpaired) electrons. The predicted molar refractivity (Wildman–Crippen MR) is 68.8 cm³/mol. The van der Waals surface area contributed by atoms with Gasteiger partial charge in [0.1, 0.15) is 0 Å². The summed E-state index contributed by atoms with van der Waals surface area (Å²) >= 11 is 0. The fourth-order valence-electron chi connectivity index (χ4n) is 2.04. The summed E-state index contributed by atoms with van der Waals surface area (Å²) in [5.74, 6) is 0. The molecule has 2 aromatic rings. The van der Waals surface area contributed by atoms with E-state index in [0.717, 1.165) is 30.7 Å². The van der Waals surface area contributed by atoms with Crippen molar-refractivity contribution in [2.24, 2.45) is 0 Å². The molecule has 96 valence electrons. The third kappa shape index (κ3) is 2.51. The molecule has 0 atom stereocenters. The summed E-state index contributed by atoms with van der Waals surface area (Å²) in [6, 6.07) is 10.5. The molecule has 0 aliphatic heterocycles. The maximum atomic E-state index is 13.4. The minimum absolute atomic E-state index is 0.110. The molecule has 0 N–H and O–H groups in total. The van der Waals surface area contributed by atoms with Gasteiger partial charge in [0.25, 0.3) is 0 Å². The van der Waals surface area contributed by atoms with Gasteiger partial charge in [-0.3, -0.25) is 0 Å². The van der Waals surface area contributed by atoms with E-state index in [1.54, 1.807) is 6.07 Å². The molecular weight excluding hydrogens is 234 g/mol. The largest absolute Gasteiger partial charge is 0.383 e. The molecule has 0 heterocycles. The molecule has 0 aliphatic carbocycles. The Morgan fingerprint density at radius 2 is 1.72 bits per heavy atom. The Kier molecular flexibility index (Phi) is 3.62. The van der Waals surface area contributed by atoms with Crippen LogP contribution < -0.4 is 0 Å². The number of methoxy groups -OCH3 is 1. The van der Waals surface area contributed by atoms with Crippen molar-refractivity contribution < 1.29 is 13.5 Å². The van der Waals surface area contributed by atoms with E-state index in [2.05, 4.69) is 11.7 Å². The van der Waals surface area contributed by atoms with Crippen molar-refractivity contribution in [3.05, 3.63) is 47.5 Å². The molecule has 0 fully saturated rings. The van der Waals surface area contributed by atoms with Gasteiger partial charge in [-0.15, -0.1) is 0 Å². The smallest absolute Gasteiger partial charge is 0.320 e. The summed E-state index contributed by atoms with van der Waals surface area (Å²) in [4.78, 5) is 0. The maximum absolute atomic E-state index is 13.4. The first kappa shape index (κ1) is 13.0. The van der Waals surface area contributed by atoms with Gasteiger partial charge in [0, 0.05) is 7.11 Å². The highest BCUT2D eigenvalue weighted by Crippen LogP contribution is 2.31. The van der Waals surface area contributed by atoms with Crippen molar-refractivity contribution in [3.63, 3.8) is 0 Å². The first-order chi connectivity index (χ1) is 8.56. The molecule has 2 rings (SSSR count). The van der Waals surface area contributed by atoms with Crippen molar-refractivity contribution in [1.82, 2.24) is 0 Å². The summed E-state index contributed by atoms with van der Waals surface area (Å²) in [5, 5.41) is 1.79. The van der Waals surface area contributed by atoms with Crippen LogP contribution in [0.1, 0.15) is 24.5 Å². The minimum Gasteiger partial charge on any atom is -0.320 e. The van der Waals surface area contributed by atoms with Crippen molar-refractivity contribution in [2.75, 3.05) is 7.11 Å². The van der Waals surface area contributed by atoms with Gasteiger partial charge in [-0.1, -0.05) is 37.6 Å². The number of fused-ring (bicyclic) bond motifs is 1.